The number of nitrogens with one attached hydrogen (secondary N) is 1. The van der Waals surface area contributed by atoms with Crippen LogP contribution in [0.4, 0.5) is 5.69 Å². The van der Waals surface area contributed by atoms with E-state index in [1.807, 2.05) is 18.2 Å². The lowest BCUT2D eigenvalue weighted by molar-refractivity contribution is 0.0963. The van der Waals surface area contributed by atoms with Gasteiger partial charge < -0.3 is 9.73 Å². The fraction of sp³-hybridized carbons (Fsp3) is 0.273. The third-order valence-corrected chi connectivity index (χ3v) is 5.64. The number of anilines is 1. The van der Waals surface area contributed by atoms with Crippen LogP contribution in [0.5, 0.6) is 0 Å². The molecule has 0 fully saturated rings. The van der Waals surface area contributed by atoms with Gasteiger partial charge in [0.2, 0.25) is 0 Å². The molecule has 5 rings (SSSR count). The highest BCUT2D eigenvalue weighted by Crippen LogP contribution is 2.36. The second-order valence-electron chi connectivity index (χ2n) is 7.20. The van der Waals surface area contributed by atoms with Gasteiger partial charge >= 0.3 is 0 Å². The van der Waals surface area contributed by atoms with E-state index >= 15 is 0 Å². The highest BCUT2D eigenvalue weighted by molar-refractivity contribution is 6.11. The zero-order valence-corrected chi connectivity index (χ0v) is 14.6. The standard InChI is InChI=1S/C22H19NO3/c1-12-19-17(24)6-3-7-18(19)26-21(12)22(25)23-16-11-10-14-9-8-13-4-2-5-15(16)20(13)14/h2,4-5,10-11H,3,6-9H2,1H3,(H,23,25). The number of carbonyl (C=O) groups is 2. The molecule has 2 aliphatic carbocycles. The summed E-state index contributed by atoms with van der Waals surface area (Å²) < 4.78 is 5.78. The van der Waals surface area contributed by atoms with Gasteiger partial charge in [0.05, 0.1) is 5.56 Å². The van der Waals surface area contributed by atoms with E-state index in [-0.39, 0.29) is 17.5 Å². The van der Waals surface area contributed by atoms with E-state index in [2.05, 4.69) is 17.4 Å². The zero-order chi connectivity index (χ0) is 17.8. The van der Waals surface area contributed by atoms with E-state index in [1.54, 1.807) is 6.92 Å². The van der Waals surface area contributed by atoms with E-state index in [0.717, 1.165) is 36.8 Å². The number of carbonyl (C=O) groups excluding carboxylic acids is 2. The van der Waals surface area contributed by atoms with Gasteiger partial charge in [0, 0.05) is 29.5 Å². The van der Waals surface area contributed by atoms with Crippen LogP contribution in [0.3, 0.4) is 0 Å². The third-order valence-electron chi connectivity index (χ3n) is 5.64. The molecule has 3 aromatic rings. The summed E-state index contributed by atoms with van der Waals surface area (Å²) in [6, 6.07) is 10.3. The number of fused-ring (bicyclic) bond motifs is 1. The minimum atomic E-state index is -0.289. The predicted octanol–water partition coefficient (Wildman–Crippen LogP) is 4.61. The minimum Gasteiger partial charge on any atom is -0.455 e. The number of ketones is 1. The van der Waals surface area contributed by atoms with E-state index in [4.69, 9.17) is 4.42 Å². The van der Waals surface area contributed by atoms with Gasteiger partial charge in [-0.15, -0.1) is 0 Å². The van der Waals surface area contributed by atoms with Crippen molar-refractivity contribution in [3.8, 4) is 0 Å². The van der Waals surface area contributed by atoms with Crippen molar-refractivity contribution in [2.24, 2.45) is 0 Å². The average Bonchev–Trinajstić information content (AvgIpc) is 3.21. The van der Waals surface area contributed by atoms with Gasteiger partial charge in [0.1, 0.15) is 5.76 Å². The van der Waals surface area contributed by atoms with Crippen LogP contribution < -0.4 is 5.32 Å². The second kappa shape index (κ2) is 5.56. The fourth-order valence-corrected chi connectivity index (χ4v) is 4.40. The Morgan fingerprint density at radius 2 is 1.85 bits per heavy atom. The van der Waals surface area contributed by atoms with Gasteiger partial charge in [0.15, 0.2) is 11.5 Å². The molecule has 0 bridgehead atoms. The molecule has 4 nitrogen and oxygen atoms in total. The van der Waals surface area contributed by atoms with Crippen LogP contribution in [0.1, 0.15) is 56.2 Å². The first-order valence-electron chi connectivity index (χ1n) is 9.14. The molecule has 1 amide bonds. The van der Waals surface area contributed by atoms with Crippen LogP contribution in [0, 0.1) is 6.92 Å². The van der Waals surface area contributed by atoms with Crippen LogP contribution in [0.25, 0.3) is 10.8 Å². The molecule has 0 aliphatic heterocycles. The van der Waals surface area contributed by atoms with Crippen LogP contribution >= 0.6 is 0 Å². The third kappa shape index (κ3) is 2.15. The molecule has 26 heavy (non-hydrogen) atoms. The van der Waals surface area contributed by atoms with Crippen LogP contribution in [0.15, 0.2) is 34.7 Å². The Kier molecular flexibility index (Phi) is 3.29. The molecule has 130 valence electrons. The molecular weight excluding hydrogens is 326 g/mol. The second-order valence-corrected chi connectivity index (χ2v) is 7.20. The molecule has 4 heteroatoms. The number of hydrogen-bond donors (Lipinski definition) is 1. The first-order chi connectivity index (χ1) is 12.6. The zero-order valence-electron chi connectivity index (χ0n) is 14.6. The van der Waals surface area contributed by atoms with Crippen molar-refractivity contribution in [2.45, 2.75) is 39.0 Å². The summed E-state index contributed by atoms with van der Waals surface area (Å²) in [4.78, 5) is 25.0. The number of hydrogen-bond acceptors (Lipinski definition) is 3. The van der Waals surface area contributed by atoms with Crippen molar-refractivity contribution >= 4 is 28.2 Å². The van der Waals surface area contributed by atoms with Crippen molar-refractivity contribution in [3.05, 3.63) is 64.1 Å². The van der Waals surface area contributed by atoms with Crippen molar-refractivity contribution in [2.75, 3.05) is 5.32 Å². The fourth-order valence-electron chi connectivity index (χ4n) is 4.40. The normalized spacial score (nSPS) is 15.3. The smallest absolute Gasteiger partial charge is 0.291 e. The molecule has 1 aromatic heterocycles. The van der Waals surface area contributed by atoms with Gasteiger partial charge in [-0.25, -0.2) is 0 Å². The van der Waals surface area contributed by atoms with Gasteiger partial charge in [0.25, 0.3) is 5.91 Å². The van der Waals surface area contributed by atoms with Crippen LogP contribution in [0.2, 0.25) is 0 Å². The molecule has 0 spiro atoms. The summed E-state index contributed by atoms with van der Waals surface area (Å²) >= 11 is 0. The lowest BCUT2D eigenvalue weighted by Gasteiger charge is -2.10. The Bertz CT molecular complexity index is 1080. The van der Waals surface area contributed by atoms with Crippen molar-refractivity contribution < 1.29 is 14.0 Å². The summed E-state index contributed by atoms with van der Waals surface area (Å²) in [6.07, 6.45) is 4.14. The molecule has 1 N–H and O–H groups in total. The first-order valence-corrected chi connectivity index (χ1v) is 9.14. The number of furan rings is 1. The molecule has 0 saturated heterocycles. The summed E-state index contributed by atoms with van der Waals surface area (Å²) in [5, 5.41) is 5.33. The lowest BCUT2D eigenvalue weighted by atomic mass is 9.94. The highest BCUT2D eigenvalue weighted by Gasteiger charge is 2.29. The highest BCUT2D eigenvalue weighted by atomic mass is 16.4. The van der Waals surface area contributed by atoms with E-state index in [0.29, 0.717) is 23.3 Å². The Balaban J connectivity index is 1.55. The largest absolute Gasteiger partial charge is 0.455 e. The van der Waals surface area contributed by atoms with E-state index < -0.39 is 0 Å². The number of rotatable bonds is 2. The van der Waals surface area contributed by atoms with Crippen molar-refractivity contribution in [1.82, 2.24) is 0 Å². The SMILES string of the molecule is Cc1c(C(=O)Nc2ccc3c4c(cccc24)CC3)oc2c1C(=O)CCC2. The molecule has 0 radical (unpaired) electrons. The molecule has 0 atom stereocenters. The van der Waals surface area contributed by atoms with Crippen molar-refractivity contribution in [1.29, 1.82) is 0 Å². The predicted molar refractivity (Wildman–Crippen MR) is 100 cm³/mol. The summed E-state index contributed by atoms with van der Waals surface area (Å²) in [6.45, 7) is 1.80. The molecule has 0 unspecified atom stereocenters. The Hall–Kier alpha value is -2.88. The number of benzene rings is 2. The lowest BCUT2D eigenvalue weighted by Crippen LogP contribution is -2.13. The molecule has 2 aromatic carbocycles. The Morgan fingerprint density at radius 3 is 2.65 bits per heavy atom. The monoisotopic (exact) mass is 345 g/mol. The number of amides is 1. The Morgan fingerprint density at radius 1 is 1.04 bits per heavy atom. The molecule has 2 aliphatic rings. The van der Waals surface area contributed by atoms with Gasteiger partial charge in [-0.05, 0) is 48.8 Å². The maximum Gasteiger partial charge on any atom is 0.291 e. The van der Waals surface area contributed by atoms with Crippen LogP contribution in [-0.2, 0) is 19.3 Å². The topological polar surface area (TPSA) is 59.3 Å². The van der Waals surface area contributed by atoms with Gasteiger partial charge in [-0.3, -0.25) is 9.59 Å². The number of Topliss-reactive ketones (excluding diaryl/α,β-unsaturated/α-hetero) is 1. The maximum absolute atomic E-state index is 12.9. The first kappa shape index (κ1) is 15.4. The molecular formula is C22H19NO3. The molecule has 0 saturated carbocycles. The minimum absolute atomic E-state index is 0.0805. The Labute approximate surface area is 151 Å². The maximum atomic E-state index is 12.9. The molecule has 1 heterocycles. The summed E-state index contributed by atoms with van der Waals surface area (Å²) in [5.41, 5.74) is 4.74. The van der Waals surface area contributed by atoms with Gasteiger partial charge in [-0.2, -0.15) is 0 Å². The van der Waals surface area contributed by atoms with E-state index in [1.165, 1.54) is 16.5 Å². The quantitative estimate of drug-likeness (QED) is 0.738. The summed E-state index contributed by atoms with van der Waals surface area (Å²) in [5.74, 6) is 0.707. The average molecular weight is 345 g/mol. The van der Waals surface area contributed by atoms with E-state index in [9.17, 15) is 9.59 Å². The summed E-state index contributed by atoms with van der Waals surface area (Å²) in [7, 11) is 0. The van der Waals surface area contributed by atoms with Gasteiger partial charge in [-0.1, -0.05) is 24.3 Å². The number of aryl methyl sites for hydroxylation is 3. The van der Waals surface area contributed by atoms with Crippen LogP contribution in [-0.4, -0.2) is 11.7 Å². The van der Waals surface area contributed by atoms with Crippen molar-refractivity contribution in [3.63, 3.8) is 0 Å².